The molecule has 9 heteroatoms. The van der Waals surface area contributed by atoms with Gasteiger partial charge in [-0.2, -0.15) is 4.31 Å². The Morgan fingerprint density at radius 2 is 1.70 bits per heavy atom. The van der Waals surface area contributed by atoms with Crippen molar-refractivity contribution in [3.8, 4) is 0 Å². The largest absolute Gasteiger partial charge is 0.379 e. The number of anilines is 1. The van der Waals surface area contributed by atoms with Gasteiger partial charge in [0.15, 0.2) is 0 Å². The van der Waals surface area contributed by atoms with Crippen LogP contribution >= 0.6 is 0 Å². The lowest BCUT2D eigenvalue weighted by molar-refractivity contribution is -0.118. The van der Waals surface area contributed by atoms with Gasteiger partial charge in [0.1, 0.15) is 6.04 Å². The second-order valence-electron chi connectivity index (χ2n) is 8.21. The highest BCUT2D eigenvalue weighted by Gasteiger charge is 2.26. The van der Waals surface area contributed by atoms with Gasteiger partial charge in [0.05, 0.1) is 23.6 Å². The Hall–Kier alpha value is -3.01. The van der Waals surface area contributed by atoms with Gasteiger partial charge in [-0.25, -0.2) is 8.42 Å². The maximum Gasteiger partial charge on any atom is 0.252 e. The molecule has 0 saturated carbocycles. The van der Waals surface area contributed by atoms with Crippen LogP contribution in [0.5, 0.6) is 0 Å². The summed E-state index contributed by atoms with van der Waals surface area (Å²) >= 11 is 0. The average Bonchev–Trinajstić information content (AvgIpc) is 2.80. The summed E-state index contributed by atoms with van der Waals surface area (Å²) in [6.45, 7) is 6.85. The van der Waals surface area contributed by atoms with Crippen LogP contribution < -0.4 is 10.9 Å². The number of sulfonamides is 1. The number of morpholine rings is 1. The van der Waals surface area contributed by atoms with E-state index in [1.807, 2.05) is 32.0 Å². The minimum absolute atomic E-state index is 0.159. The van der Waals surface area contributed by atoms with Crippen molar-refractivity contribution in [3.63, 3.8) is 0 Å². The summed E-state index contributed by atoms with van der Waals surface area (Å²) in [5, 5.41) is 3.72. The maximum atomic E-state index is 13.0. The number of ether oxygens (including phenoxy) is 1. The molecule has 1 fully saturated rings. The average molecular weight is 470 g/mol. The van der Waals surface area contributed by atoms with Gasteiger partial charge in [0, 0.05) is 30.2 Å². The zero-order valence-electron chi connectivity index (χ0n) is 18.9. The first-order valence-corrected chi connectivity index (χ1v) is 12.2. The van der Waals surface area contributed by atoms with E-state index in [1.165, 1.54) is 27.1 Å². The number of aryl methyl sites for hydroxylation is 2. The molecule has 1 aliphatic heterocycles. The molecule has 33 heavy (non-hydrogen) atoms. The number of fused-ring (bicyclic) bond motifs is 1. The Morgan fingerprint density at radius 1 is 1.03 bits per heavy atom. The molecule has 8 nitrogen and oxygen atoms in total. The van der Waals surface area contributed by atoms with Crippen LogP contribution in [-0.2, 0) is 19.6 Å². The monoisotopic (exact) mass is 469 g/mol. The second kappa shape index (κ2) is 9.09. The number of aromatic nitrogens is 1. The SMILES string of the molecule is Cc1cc(=O)n(C(C)C(=O)Nc2ccc(S(=O)(=O)N3CCOCC3)cc2)c2c(C)cccc12. The fourth-order valence-electron chi connectivity index (χ4n) is 4.13. The number of amides is 1. The van der Waals surface area contributed by atoms with Crippen molar-refractivity contribution in [1.29, 1.82) is 0 Å². The van der Waals surface area contributed by atoms with E-state index in [4.69, 9.17) is 4.74 Å². The fourth-order valence-corrected chi connectivity index (χ4v) is 5.54. The third kappa shape index (κ3) is 4.44. The summed E-state index contributed by atoms with van der Waals surface area (Å²) in [6, 6.07) is 12.6. The van der Waals surface area contributed by atoms with E-state index in [0.717, 1.165) is 22.0 Å². The smallest absolute Gasteiger partial charge is 0.252 e. The molecule has 0 aliphatic carbocycles. The molecule has 1 unspecified atom stereocenters. The quantitative estimate of drug-likeness (QED) is 0.620. The summed E-state index contributed by atoms with van der Waals surface area (Å²) in [6.07, 6.45) is 0. The summed E-state index contributed by atoms with van der Waals surface area (Å²) in [5.74, 6) is -0.366. The van der Waals surface area contributed by atoms with Gasteiger partial charge in [-0.15, -0.1) is 0 Å². The van der Waals surface area contributed by atoms with Gasteiger partial charge in [-0.3, -0.25) is 14.2 Å². The lowest BCUT2D eigenvalue weighted by Gasteiger charge is -2.26. The third-order valence-electron chi connectivity index (χ3n) is 5.98. The number of carbonyl (C=O) groups excluding carboxylic acids is 1. The van der Waals surface area contributed by atoms with Gasteiger partial charge in [0.2, 0.25) is 15.9 Å². The topological polar surface area (TPSA) is 97.7 Å². The molecule has 0 spiro atoms. The second-order valence-corrected chi connectivity index (χ2v) is 10.2. The number of para-hydroxylation sites is 1. The molecule has 1 N–H and O–H groups in total. The number of carbonyl (C=O) groups is 1. The van der Waals surface area contributed by atoms with Gasteiger partial charge in [-0.05, 0) is 56.2 Å². The Bertz CT molecular complexity index is 1360. The molecule has 0 bridgehead atoms. The molecule has 1 aromatic heterocycles. The number of hydrogen-bond acceptors (Lipinski definition) is 5. The van der Waals surface area contributed by atoms with Crippen LogP contribution in [0.4, 0.5) is 5.69 Å². The van der Waals surface area contributed by atoms with Gasteiger partial charge in [0.25, 0.3) is 5.56 Å². The van der Waals surface area contributed by atoms with Crippen LogP contribution in [0.1, 0.15) is 24.1 Å². The highest BCUT2D eigenvalue weighted by atomic mass is 32.2. The van der Waals surface area contributed by atoms with Crippen LogP contribution in [0.3, 0.4) is 0 Å². The molecular weight excluding hydrogens is 442 g/mol. The predicted octanol–water partition coefficient (Wildman–Crippen LogP) is 2.84. The third-order valence-corrected chi connectivity index (χ3v) is 7.89. The highest BCUT2D eigenvalue weighted by molar-refractivity contribution is 7.89. The van der Waals surface area contributed by atoms with Crippen LogP contribution in [-0.4, -0.2) is 49.5 Å². The minimum Gasteiger partial charge on any atom is -0.379 e. The van der Waals surface area contributed by atoms with Crippen LogP contribution in [0.25, 0.3) is 10.9 Å². The number of rotatable bonds is 5. The first-order chi connectivity index (χ1) is 15.7. The zero-order valence-corrected chi connectivity index (χ0v) is 19.7. The van der Waals surface area contributed by atoms with Crippen molar-refractivity contribution in [1.82, 2.24) is 8.87 Å². The molecule has 1 amide bonds. The van der Waals surface area contributed by atoms with Crippen molar-refractivity contribution in [2.75, 3.05) is 31.6 Å². The number of pyridine rings is 1. The van der Waals surface area contributed by atoms with Crippen LogP contribution in [0.15, 0.2) is 58.2 Å². The Balaban J connectivity index is 1.58. The Morgan fingerprint density at radius 3 is 2.36 bits per heavy atom. The number of benzene rings is 2. The van der Waals surface area contributed by atoms with Gasteiger partial charge in [-0.1, -0.05) is 18.2 Å². The van der Waals surface area contributed by atoms with Crippen molar-refractivity contribution in [3.05, 3.63) is 70.0 Å². The van der Waals surface area contributed by atoms with E-state index in [0.29, 0.717) is 32.0 Å². The highest BCUT2D eigenvalue weighted by Crippen LogP contribution is 2.24. The van der Waals surface area contributed by atoms with E-state index < -0.39 is 16.1 Å². The maximum absolute atomic E-state index is 13.0. The van der Waals surface area contributed by atoms with Crippen molar-refractivity contribution in [2.24, 2.45) is 0 Å². The van der Waals surface area contributed by atoms with Crippen molar-refractivity contribution >= 4 is 32.5 Å². The molecule has 174 valence electrons. The predicted molar refractivity (Wildman–Crippen MR) is 127 cm³/mol. The minimum atomic E-state index is -3.61. The van der Waals surface area contributed by atoms with E-state index >= 15 is 0 Å². The molecule has 0 radical (unpaired) electrons. The van der Waals surface area contributed by atoms with Gasteiger partial charge >= 0.3 is 0 Å². The molecular formula is C24H27N3O5S. The standard InChI is InChI=1S/C24H27N3O5S/c1-16-5-4-6-21-17(2)15-22(28)27(23(16)21)18(3)24(29)25-19-7-9-20(10-8-19)33(30,31)26-11-13-32-14-12-26/h4-10,15,18H,11-14H2,1-3H3,(H,25,29). The summed E-state index contributed by atoms with van der Waals surface area (Å²) in [7, 11) is -3.61. The van der Waals surface area contributed by atoms with E-state index in [-0.39, 0.29) is 16.4 Å². The Kier molecular flexibility index (Phi) is 6.38. The van der Waals surface area contributed by atoms with Crippen molar-refractivity contribution < 1.29 is 17.9 Å². The van der Waals surface area contributed by atoms with Crippen LogP contribution in [0, 0.1) is 13.8 Å². The van der Waals surface area contributed by atoms with E-state index in [9.17, 15) is 18.0 Å². The molecule has 2 heterocycles. The molecule has 3 aromatic rings. The fraction of sp³-hybridized carbons (Fsp3) is 0.333. The Labute approximate surface area is 192 Å². The summed E-state index contributed by atoms with van der Waals surface area (Å²) < 4.78 is 33.7. The molecule has 4 rings (SSSR count). The number of nitrogens with zero attached hydrogens (tertiary/aromatic N) is 2. The first-order valence-electron chi connectivity index (χ1n) is 10.8. The summed E-state index contributed by atoms with van der Waals surface area (Å²) in [5.41, 5.74) is 2.71. The van der Waals surface area contributed by atoms with Gasteiger partial charge < -0.3 is 10.1 Å². The molecule has 1 aliphatic rings. The molecule has 1 atom stereocenters. The molecule has 2 aromatic carbocycles. The lowest BCUT2D eigenvalue weighted by Crippen LogP contribution is -2.40. The zero-order chi connectivity index (χ0) is 23.8. The first kappa shape index (κ1) is 23.2. The number of nitrogens with one attached hydrogen (secondary N) is 1. The number of hydrogen-bond donors (Lipinski definition) is 1. The molecule has 1 saturated heterocycles. The lowest BCUT2D eigenvalue weighted by atomic mass is 10.1. The normalized spacial score (nSPS) is 16.0. The summed E-state index contributed by atoms with van der Waals surface area (Å²) in [4.78, 5) is 26.0. The van der Waals surface area contributed by atoms with E-state index in [2.05, 4.69) is 5.32 Å². The van der Waals surface area contributed by atoms with E-state index in [1.54, 1.807) is 19.1 Å². The van der Waals surface area contributed by atoms with Crippen molar-refractivity contribution in [2.45, 2.75) is 31.7 Å². The van der Waals surface area contributed by atoms with Crippen LogP contribution in [0.2, 0.25) is 0 Å².